The second kappa shape index (κ2) is 2.31. The standard InChI is InChI=1S/C4H7ClN2O/c5-4-2-1-3-7(4)6-8/h4H,1-3H2. The Bertz CT molecular complexity index is 98.0. The molecule has 1 aliphatic rings. The Kier molecular flexibility index (Phi) is 1.68. The first kappa shape index (κ1) is 5.82. The molecule has 8 heavy (non-hydrogen) atoms. The smallest absolute Gasteiger partial charge is 0.124 e. The third kappa shape index (κ3) is 0.916. The molecule has 1 heterocycles. The highest BCUT2D eigenvalue weighted by molar-refractivity contribution is 6.20. The Morgan fingerprint density at radius 3 is 2.75 bits per heavy atom. The van der Waals surface area contributed by atoms with Crippen LogP contribution in [0.5, 0.6) is 0 Å². The van der Waals surface area contributed by atoms with Crippen LogP contribution in [0.1, 0.15) is 12.8 Å². The lowest BCUT2D eigenvalue weighted by Crippen LogP contribution is -2.16. The van der Waals surface area contributed by atoms with Crippen molar-refractivity contribution in [3.05, 3.63) is 4.91 Å². The van der Waals surface area contributed by atoms with Gasteiger partial charge >= 0.3 is 0 Å². The second-order valence-electron chi connectivity index (χ2n) is 1.82. The van der Waals surface area contributed by atoms with Gasteiger partial charge in [-0.05, 0) is 12.8 Å². The highest BCUT2D eigenvalue weighted by Crippen LogP contribution is 2.19. The van der Waals surface area contributed by atoms with Crippen LogP contribution in [0.2, 0.25) is 0 Å². The summed E-state index contributed by atoms with van der Waals surface area (Å²) in [7, 11) is 0. The van der Waals surface area contributed by atoms with E-state index in [9.17, 15) is 4.91 Å². The molecular weight excluding hydrogens is 128 g/mol. The molecule has 0 aromatic heterocycles. The molecule has 1 atom stereocenters. The predicted octanol–water partition coefficient (Wildman–Crippen LogP) is 1.33. The predicted molar refractivity (Wildman–Crippen MR) is 31.4 cm³/mol. The van der Waals surface area contributed by atoms with Gasteiger partial charge in [0, 0.05) is 6.54 Å². The lowest BCUT2D eigenvalue weighted by Gasteiger charge is -2.08. The molecule has 1 saturated heterocycles. The molecule has 0 spiro atoms. The Morgan fingerprint density at radius 1 is 1.75 bits per heavy atom. The molecule has 1 aliphatic heterocycles. The summed E-state index contributed by atoms with van der Waals surface area (Å²) < 4.78 is 0. The summed E-state index contributed by atoms with van der Waals surface area (Å²) in [5, 5.41) is 4.08. The number of alkyl halides is 1. The Labute approximate surface area is 52.6 Å². The Hall–Kier alpha value is -0.310. The van der Waals surface area contributed by atoms with Crippen molar-refractivity contribution in [1.29, 1.82) is 0 Å². The zero-order valence-electron chi connectivity index (χ0n) is 4.38. The first-order valence-electron chi connectivity index (χ1n) is 2.58. The maximum atomic E-state index is 9.81. The van der Waals surface area contributed by atoms with Crippen LogP contribution in [0.4, 0.5) is 0 Å². The van der Waals surface area contributed by atoms with Crippen LogP contribution in [0, 0.1) is 4.91 Å². The molecule has 0 amide bonds. The van der Waals surface area contributed by atoms with E-state index in [1.54, 1.807) is 0 Å². The molecule has 0 aromatic carbocycles. The normalized spacial score (nSPS) is 28.6. The molecule has 3 nitrogen and oxygen atoms in total. The SMILES string of the molecule is O=NN1CCCC1Cl. The maximum absolute atomic E-state index is 9.81. The summed E-state index contributed by atoms with van der Waals surface area (Å²) >= 11 is 5.61. The highest BCUT2D eigenvalue weighted by atomic mass is 35.5. The summed E-state index contributed by atoms with van der Waals surface area (Å²) in [6, 6.07) is 0. The number of nitrogens with zero attached hydrogens (tertiary/aromatic N) is 2. The van der Waals surface area contributed by atoms with Gasteiger partial charge in [-0.25, -0.2) is 5.01 Å². The van der Waals surface area contributed by atoms with Gasteiger partial charge in [0.25, 0.3) is 0 Å². The van der Waals surface area contributed by atoms with E-state index < -0.39 is 0 Å². The Balaban J connectivity index is 2.41. The van der Waals surface area contributed by atoms with Crippen LogP contribution in [-0.4, -0.2) is 17.1 Å². The molecule has 0 aliphatic carbocycles. The Morgan fingerprint density at radius 2 is 2.50 bits per heavy atom. The fourth-order valence-corrected chi connectivity index (χ4v) is 1.09. The van der Waals surface area contributed by atoms with Gasteiger partial charge < -0.3 is 0 Å². The average Bonchev–Trinajstić information content (AvgIpc) is 2.14. The van der Waals surface area contributed by atoms with Crippen molar-refractivity contribution in [2.24, 2.45) is 5.29 Å². The van der Waals surface area contributed by atoms with Crippen molar-refractivity contribution < 1.29 is 0 Å². The van der Waals surface area contributed by atoms with E-state index in [-0.39, 0.29) is 5.50 Å². The number of nitroso groups, excluding NO2 is 1. The summed E-state index contributed by atoms with van der Waals surface area (Å²) in [4.78, 5) is 9.81. The lowest BCUT2D eigenvalue weighted by molar-refractivity contribution is 0.326. The van der Waals surface area contributed by atoms with E-state index in [1.807, 2.05) is 0 Å². The summed E-state index contributed by atoms with van der Waals surface area (Å²) in [5.41, 5.74) is -0.146. The monoisotopic (exact) mass is 134 g/mol. The van der Waals surface area contributed by atoms with E-state index >= 15 is 0 Å². The number of halogens is 1. The molecule has 46 valence electrons. The van der Waals surface area contributed by atoms with Crippen molar-refractivity contribution in [2.45, 2.75) is 18.3 Å². The summed E-state index contributed by atoms with van der Waals surface area (Å²) in [6.45, 7) is 0.720. The van der Waals surface area contributed by atoms with Gasteiger partial charge in [0.15, 0.2) is 0 Å². The summed E-state index contributed by atoms with van der Waals surface area (Å²) in [6.07, 6.45) is 1.87. The number of rotatable bonds is 1. The van der Waals surface area contributed by atoms with Crippen molar-refractivity contribution in [3.8, 4) is 0 Å². The van der Waals surface area contributed by atoms with E-state index in [4.69, 9.17) is 11.6 Å². The number of hydrogen-bond donors (Lipinski definition) is 0. The van der Waals surface area contributed by atoms with E-state index in [0.717, 1.165) is 19.4 Å². The molecule has 1 unspecified atom stereocenters. The largest absolute Gasteiger partial charge is 0.243 e. The van der Waals surface area contributed by atoms with Crippen LogP contribution < -0.4 is 0 Å². The summed E-state index contributed by atoms with van der Waals surface area (Å²) in [5.74, 6) is 0. The van der Waals surface area contributed by atoms with Crippen LogP contribution >= 0.6 is 11.6 Å². The van der Waals surface area contributed by atoms with Crippen molar-refractivity contribution in [1.82, 2.24) is 5.01 Å². The van der Waals surface area contributed by atoms with Crippen molar-refractivity contribution >= 4 is 11.6 Å². The van der Waals surface area contributed by atoms with Crippen molar-refractivity contribution in [2.75, 3.05) is 6.54 Å². The van der Waals surface area contributed by atoms with Crippen LogP contribution in [0.3, 0.4) is 0 Å². The topological polar surface area (TPSA) is 32.7 Å². The number of hydrogen-bond acceptors (Lipinski definition) is 2. The molecule has 0 saturated carbocycles. The molecule has 0 N–H and O–H groups in total. The third-order valence-electron chi connectivity index (χ3n) is 1.26. The molecule has 0 radical (unpaired) electrons. The van der Waals surface area contributed by atoms with Gasteiger partial charge in [0.2, 0.25) is 0 Å². The fourth-order valence-electron chi connectivity index (χ4n) is 0.803. The first-order chi connectivity index (χ1) is 3.84. The van der Waals surface area contributed by atoms with E-state index in [2.05, 4.69) is 5.29 Å². The third-order valence-corrected chi connectivity index (χ3v) is 1.70. The van der Waals surface area contributed by atoms with Crippen LogP contribution in [0.25, 0.3) is 0 Å². The van der Waals surface area contributed by atoms with Crippen LogP contribution in [0.15, 0.2) is 5.29 Å². The minimum Gasteiger partial charge on any atom is -0.243 e. The molecule has 0 aromatic rings. The van der Waals surface area contributed by atoms with Gasteiger partial charge in [-0.2, -0.15) is 0 Å². The minimum absolute atomic E-state index is 0.146. The average molecular weight is 135 g/mol. The minimum atomic E-state index is -0.146. The van der Waals surface area contributed by atoms with Gasteiger partial charge in [0.05, 0.1) is 5.29 Å². The molecule has 0 bridgehead atoms. The second-order valence-corrected chi connectivity index (χ2v) is 2.33. The molecule has 1 rings (SSSR count). The maximum Gasteiger partial charge on any atom is 0.124 e. The van der Waals surface area contributed by atoms with Gasteiger partial charge in [-0.3, -0.25) is 0 Å². The first-order valence-corrected chi connectivity index (χ1v) is 3.02. The van der Waals surface area contributed by atoms with Gasteiger partial charge in [0.1, 0.15) is 5.50 Å². The van der Waals surface area contributed by atoms with E-state index in [0.29, 0.717) is 0 Å². The van der Waals surface area contributed by atoms with Crippen LogP contribution in [-0.2, 0) is 0 Å². The lowest BCUT2D eigenvalue weighted by atomic mass is 10.4. The van der Waals surface area contributed by atoms with E-state index in [1.165, 1.54) is 5.01 Å². The highest BCUT2D eigenvalue weighted by Gasteiger charge is 2.20. The zero-order valence-corrected chi connectivity index (χ0v) is 5.14. The molecular formula is C4H7ClN2O. The zero-order chi connectivity index (χ0) is 5.98. The fraction of sp³-hybridized carbons (Fsp3) is 1.00. The van der Waals surface area contributed by atoms with Crippen molar-refractivity contribution in [3.63, 3.8) is 0 Å². The quantitative estimate of drug-likeness (QED) is 0.308. The molecule has 4 heteroatoms. The van der Waals surface area contributed by atoms with Gasteiger partial charge in [-0.15, -0.1) is 4.91 Å². The van der Waals surface area contributed by atoms with Gasteiger partial charge in [-0.1, -0.05) is 11.6 Å². The molecule has 1 fully saturated rings.